The summed E-state index contributed by atoms with van der Waals surface area (Å²) in [6.07, 6.45) is 8.41. The van der Waals surface area contributed by atoms with Gasteiger partial charge < -0.3 is 15.4 Å². The van der Waals surface area contributed by atoms with Crippen molar-refractivity contribution < 1.29 is 9.53 Å². The van der Waals surface area contributed by atoms with Gasteiger partial charge in [0, 0.05) is 11.4 Å². The molecular weight excluding hydrogens is 328 g/mol. The van der Waals surface area contributed by atoms with Crippen LogP contribution in [0.15, 0.2) is 6.07 Å². The molecule has 0 aliphatic carbocycles. The summed E-state index contributed by atoms with van der Waals surface area (Å²) in [5.41, 5.74) is 0.554. The lowest BCUT2D eigenvalue weighted by Gasteiger charge is -2.10. The van der Waals surface area contributed by atoms with E-state index in [2.05, 4.69) is 24.5 Å². The highest BCUT2D eigenvalue weighted by Crippen LogP contribution is 2.29. The highest BCUT2D eigenvalue weighted by molar-refractivity contribution is 7.80. The van der Waals surface area contributed by atoms with Crippen LogP contribution in [0.4, 0.5) is 5.00 Å². The Balaban J connectivity index is 2.39. The Morgan fingerprint density at radius 3 is 2.57 bits per heavy atom. The molecule has 2 N–H and O–H groups in total. The minimum atomic E-state index is -0.331. The first-order valence-corrected chi connectivity index (χ1v) is 9.60. The van der Waals surface area contributed by atoms with Gasteiger partial charge in [-0.25, -0.2) is 4.79 Å². The summed E-state index contributed by atoms with van der Waals surface area (Å²) in [7, 11) is 1.39. The first kappa shape index (κ1) is 19.9. The first-order chi connectivity index (χ1) is 11.1. The third-order valence-corrected chi connectivity index (χ3v) is 5.02. The second-order valence-corrected chi connectivity index (χ2v) is 6.99. The van der Waals surface area contributed by atoms with Crippen molar-refractivity contribution in [2.45, 2.75) is 58.8 Å². The molecule has 1 aromatic rings. The van der Waals surface area contributed by atoms with Gasteiger partial charge in [0.1, 0.15) is 5.00 Å². The molecule has 130 valence electrons. The molecule has 0 saturated carbocycles. The van der Waals surface area contributed by atoms with Crippen LogP contribution < -0.4 is 10.6 Å². The second kappa shape index (κ2) is 11.4. The molecular formula is C17H28N2O2S2. The Labute approximate surface area is 149 Å². The number of carbonyl (C=O) groups is 1. The Bertz CT molecular complexity index is 501. The Morgan fingerprint density at radius 2 is 1.91 bits per heavy atom. The standard InChI is InChI=1S/C17H28N2O2S2/c1-4-6-7-8-9-10-11-18-17(22)19-15-14(16(20)21-3)12-13(5-2)23-15/h12H,4-11H2,1-3H3,(H2,18,19,22). The van der Waals surface area contributed by atoms with Crippen LogP contribution in [-0.4, -0.2) is 24.7 Å². The van der Waals surface area contributed by atoms with Gasteiger partial charge in [0.25, 0.3) is 0 Å². The number of rotatable bonds is 10. The lowest BCUT2D eigenvalue weighted by atomic mass is 10.1. The molecule has 0 atom stereocenters. The average Bonchev–Trinajstić information content (AvgIpc) is 2.96. The zero-order chi connectivity index (χ0) is 17.1. The van der Waals surface area contributed by atoms with Crippen LogP contribution in [0, 0.1) is 0 Å². The SMILES string of the molecule is CCCCCCCCNC(=S)Nc1sc(CC)cc1C(=O)OC. The monoisotopic (exact) mass is 356 g/mol. The third-order valence-electron chi connectivity index (χ3n) is 3.58. The normalized spacial score (nSPS) is 10.4. The molecule has 0 aromatic carbocycles. The van der Waals surface area contributed by atoms with Crippen LogP contribution in [0.5, 0.6) is 0 Å². The third kappa shape index (κ3) is 7.31. The molecule has 4 nitrogen and oxygen atoms in total. The highest BCUT2D eigenvalue weighted by Gasteiger charge is 2.16. The van der Waals surface area contributed by atoms with Crippen LogP contribution in [0.3, 0.4) is 0 Å². The number of nitrogens with one attached hydrogen (secondary N) is 2. The van der Waals surface area contributed by atoms with Gasteiger partial charge in [-0.15, -0.1) is 11.3 Å². The van der Waals surface area contributed by atoms with Gasteiger partial charge in [-0.05, 0) is 31.1 Å². The van der Waals surface area contributed by atoms with Crippen molar-refractivity contribution in [2.24, 2.45) is 0 Å². The molecule has 0 spiro atoms. The number of thiophene rings is 1. The van der Waals surface area contributed by atoms with E-state index in [1.54, 1.807) is 11.3 Å². The molecule has 0 unspecified atom stereocenters. The molecule has 0 aliphatic rings. The Hall–Kier alpha value is -1.14. The predicted octanol–water partition coefficient (Wildman–Crippen LogP) is 4.74. The molecule has 0 radical (unpaired) electrons. The van der Waals surface area contributed by atoms with E-state index < -0.39 is 0 Å². The molecule has 6 heteroatoms. The summed E-state index contributed by atoms with van der Waals surface area (Å²) in [6, 6.07) is 1.87. The largest absolute Gasteiger partial charge is 0.465 e. The maximum absolute atomic E-state index is 11.8. The number of ether oxygens (including phenoxy) is 1. The fraction of sp³-hybridized carbons (Fsp3) is 0.647. The van der Waals surface area contributed by atoms with Crippen LogP contribution in [0.2, 0.25) is 0 Å². The number of anilines is 1. The predicted molar refractivity (Wildman–Crippen MR) is 103 cm³/mol. The molecule has 1 rings (SSSR count). The maximum Gasteiger partial charge on any atom is 0.340 e. The number of hydrogen-bond donors (Lipinski definition) is 2. The molecule has 0 bridgehead atoms. The van der Waals surface area contributed by atoms with Crippen molar-refractivity contribution in [1.29, 1.82) is 0 Å². The van der Waals surface area contributed by atoms with Gasteiger partial charge in [-0.1, -0.05) is 46.0 Å². The number of unbranched alkanes of at least 4 members (excludes halogenated alkanes) is 5. The van der Waals surface area contributed by atoms with Crippen molar-refractivity contribution in [3.63, 3.8) is 0 Å². The quantitative estimate of drug-likeness (QED) is 0.360. The zero-order valence-corrected chi connectivity index (χ0v) is 16.0. The van der Waals surface area contributed by atoms with E-state index in [1.807, 2.05) is 6.07 Å². The molecule has 0 amide bonds. The summed E-state index contributed by atoms with van der Waals surface area (Å²) in [6.45, 7) is 5.14. The number of carbonyl (C=O) groups excluding carboxylic acids is 1. The fourth-order valence-corrected chi connectivity index (χ4v) is 3.48. The number of methoxy groups -OCH3 is 1. The van der Waals surface area contributed by atoms with Gasteiger partial charge in [-0.2, -0.15) is 0 Å². The van der Waals surface area contributed by atoms with Crippen LogP contribution in [-0.2, 0) is 11.2 Å². The van der Waals surface area contributed by atoms with Crippen molar-refractivity contribution in [3.05, 3.63) is 16.5 Å². The number of aryl methyl sites for hydroxylation is 1. The van der Waals surface area contributed by atoms with Crippen LogP contribution in [0.25, 0.3) is 0 Å². The van der Waals surface area contributed by atoms with E-state index in [0.29, 0.717) is 10.7 Å². The zero-order valence-electron chi connectivity index (χ0n) is 14.4. The van der Waals surface area contributed by atoms with E-state index in [0.717, 1.165) is 29.3 Å². The number of thiocarbonyl (C=S) groups is 1. The van der Waals surface area contributed by atoms with Gasteiger partial charge in [0.15, 0.2) is 5.11 Å². The van der Waals surface area contributed by atoms with Crippen molar-refractivity contribution in [3.8, 4) is 0 Å². The Kier molecular flexibility index (Phi) is 9.87. The van der Waals surface area contributed by atoms with E-state index in [9.17, 15) is 4.79 Å². The second-order valence-electron chi connectivity index (χ2n) is 5.45. The highest BCUT2D eigenvalue weighted by atomic mass is 32.1. The number of hydrogen-bond acceptors (Lipinski definition) is 4. The van der Waals surface area contributed by atoms with Crippen LogP contribution >= 0.6 is 23.6 Å². The Morgan fingerprint density at radius 1 is 1.22 bits per heavy atom. The molecule has 1 heterocycles. The van der Waals surface area contributed by atoms with Crippen molar-refractivity contribution in [2.75, 3.05) is 19.0 Å². The van der Waals surface area contributed by atoms with Crippen molar-refractivity contribution in [1.82, 2.24) is 5.32 Å². The maximum atomic E-state index is 11.8. The minimum Gasteiger partial charge on any atom is -0.465 e. The molecule has 23 heavy (non-hydrogen) atoms. The fourth-order valence-electron chi connectivity index (χ4n) is 2.23. The van der Waals surface area contributed by atoms with Gasteiger partial charge >= 0.3 is 5.97 Å². The summed E-state index contributed by atoms with van der Waals surface area (Å²) in [4.78, 5) is 12.9. The summed E-state index contributed by atoms with van der Waals surface area (Å²) < 4.78 is 4.83. The van der Waals surface area contributed by atoms with Crippen molar-refractivity contribution >= 4 is 39.6 Å². The van der Waals surface area contributed by atoms with Gasteiger partial charge in [0.2, 0.25) is 0 Å². The van der Waals surface area contributed by atoms with E-state index in [-0.39, 0.29) is 5.97 Å². The van der Waals surface area contributed by atoms with Gasteiger partial charge in [-0.3, -0.25) is 0 Å². The molecule has 1 aromatic heterocycles. The first-order valence-electron chi connectivity index (χ1n) is 8.38. The molecule has 0 fully saturated rings. The van der Waals surface area contributed by atoms with E-state index in [4.69, 9.17) is 17.0 Å². The summed E-state index contributed by atoms with van der Waals surface area (Å²) in [5.74, 6) is -0.331. The van der Waals surface area contributed by atoms with E-state index >= 15 is 0 Å². The molecule has 0 aliphatic heterocycles. The number of esters is 1. The lowest BCUT2D eigenvalue weighted by Crippen LogP contribution is -2.29. The van der Waals surface area contributed by atoms with Gasteiger partial charge in [0.05, 0.1) is 12.7 Å². The lowest BCUT2D eigenvalue weighted by molar-refractivity contribution is 0.0602. The summed E-state index contributed by atoms with van der Waals surface area (Å²) in [5, 5.41) is 7.66. The van der Waals surface area contributed by atoms with Crippen LogP contribution in [0.1, 0.15) is 67.6 Å². The minimum absolute atomic E-state index is 0.331. The summed E-state index contributed by atoms with van der Waals surface area (Å²) >= 11 is 6.86. The van der Waals surface area contributed by atoms with E-state index in [1.165, 1.54) is 39.2 Å². The topological polar surface area (TPSA) is 50.4 Å². The molecule has 0 saturated heterocycles. The smallest absolute Gasteiger partial charge is 0.340 e. The average molecular weight is 357 g/mol.